The Kier molecular flexibility index (Phi) is 6.28. The number of aryl methyl sites for hydroxylation is 2. The van der Waals surface area contributed by atoms with Crippen LogP contribution in [0.3, 0.4) is 0 Å². The highest BCUT2D eigenvalue weighted by Crippen LogP contribution is 2.28. The molecule has 0 aliphatic heterocycles. The SMILES string of the molecule is CCCNC(Cc1c(C)nn(C)c1C)CC1CCCCC1. The molecule has 3 nitrogen and oxygen atoms in total. The molecule has 1 fully saturated rings. The molecule has 1 saturated carbocycles. The molecule has 1 unspecified atom stereocenters. The van der Waals surface area contributed by atoms with Gasteiger partial charge in [-0.1, -0.05) is 39.0 Å². The van der Waals surface area contributed by atoms with Gasteiger partial charge in [-0.25, -0.2) is 0 Å². The molecule has 1 atom stereocenters. The highest BCUT2D eigenvalue weighted by molar-refractivity contribution is 5.25. The first kappa shape index (κ1) is 16.5. The van der Waals surface area contributed by atoms with E-state index in [9.17, 15) is 0 Å². The van der Waals surface area contributed by atoms with E-state index in [2.05, 4.69) is 38.2 Å². The van der Waals surface area contributed by atoms with Crippen LogP contribution in [-0.4, -0.2) is 22.4 Å². The lowest BCUT2D eigenvalue weighted by Gasteiger charge is -2.27. The summed E-state index contributed by atoms with van der Waals surface area (Å²) in [4.78, 5) is 0. The van der Waals surface area contributed by atoms with Gasteiger partial charge in [0.15, 0.2) is 0 Å². The molecule has 0 radical (unpaired) electrons. The summed E-state index contributed by atoms with van der Waals surface area (Å²) in [6, 6.07) is 0.620. The Morgan fingerprint density at radius 3 is 2.52 bits per heavy atom. The summed E-state index contributed by atoms with van der Waals surface area (Å²) in [5.74, 6) is 0.936. The summed E-state index contributed by atoms with van der Waals surface area (Å²) in [6.45, 7) is 7.74. The molecule has 1 heterocycles. The molecule has 0 amide bonds. The largest absolute Gasteiger partial charge is 0.314 e. The smallest absolute Gasteiger partial charge is 0.0628 e. The zero-order valence-corrected chi connectivity index (χ0v) is 14.4. The quantitative estimate of drug-likeness (QED) is 0.825. The standard InChI is InChI=1S/C18H33N3/c1-5-11-19-17(12-16-9-7-6-8-10-16)13-18-14(2)20-21(4)15(18)3/h16-17,19H,5-13H2,1-4H3. The number of nitrogens with one attached hydrogen (secondary N) is 1. The predicted molar refractivity (Wildman–Crippen MR) is 89.7 cm³/mol. The van der Waals surface area contributed by atoms with E-state index < -0.39 is 0 Å². The second-order valence-electron chi connectivity index (χ2n) is 6.87. The molecule has 2 rings (SSSR count). The summed E-state index contributed by atoms with van der Waals surface area (Å²) in [6.07, 6.45) is 10.9. The third-order valence-electron chi connectivity index (χ3n) is 5.14. The summed E-state index contributed by atoms with van der Waals surface area (Å²) in [5.41, 5.74) is 4.00. The number of hydrogen-bond donors (Lipinski definition) is 1. The van der Waals surface area contributed by atoms with Crippen molar-refractivity contribution in [1.82, 2.24) is 15.1 Å². The molecule has 1 N–H and O–H groups in total. The average molecular weight is 291 g/mol. The van der Waals surface area contributed by atoms with Crippen molar-refractivity contribution in [2.75, 3.05) is 6.54 Å². The van der Waals surface area contributed by atoms with Crippen LogP contribution in [0.15, 0.2) is 0 Å². The molecule has 0 aromatic carbocycles. The van der Waals surface area contributed by atoms with Crippen molar-refractivity contribution in [3.63, 3.8) is 0 Å². The third-order valence-corrected chi connectivity index (χ3v) is 5.14. The minimum Gasteiger partial charge on any atom is -0.314 e. The maximum atomic E-state index is 4.58. The molecule has 0 spiro atoms. The van der Waals surface area contributed by atoms with Crippen LogP contribution >= 0.6 is 0 Å². The number of hydrogen-bond acceptors (Lipinski definition) is 2. The molecule has 1 aliphatic carbocycles. The van der Waals surface area contributed by atoms with Gasteiger partial charge < -0.3 is 5.32 Å². The molecule has 3 heteroatoms. The van der Waals surface area contributed by atoms with Gasteiger partial charge >= 0.3 is 0 Å². The van der Waals surface area contributed by atoms with Crippen LogP contribution in [0.5, 0.6) is 0 Å². The monoisotopic (exact) mass is 291 g/mol. The van der Waals surface area contributed by atoms with Crippen LogP contribution in [0, 0.1) is 19.8 Å². The molecule has 0 saturated heterocycles. The Labute approximate surface area is 130 Å². The first-order valence-corrected chi connectivity index (χ1v) is 8.84. The fourth-order valence-corrected chi connectivity index (χ4v) is 3.77. The van der Waals surface area contributed by atoms with Crippen molar-refractivity contribution in [3.8, 4) is 0 Å². The highest BCUT2D eigenvalue weighted by atomic mass is 15.3. The van der Waals surface area contributed by atoms with E-state index in [0.717, 1.165) is 18.9 Å². The zero-order valence-electron chi connectivity index (χ0n) is 14.4. The lowest BCUT2D eigenvalue weighted by molar-refractivity contribution is 0.296. The van der Waals surface area contributed by atoms with Crippen molar-refractivity contribution in [3.05, 3.63) is 17.0 Å². The predicted octanol–water partition coefficient (Wildman–Crippen LogP) is 3.92. The van der Waals surface area contributed by atoms with Crippen LogP contribution in [0.4, 0.5) is 0 Å². The molecule has 1 aromatic rings. The molecule has 0 bridgehead atoms. The second kappa shape index (κ2) is 7.98. The van der Waals surface area contributed by atoms with Gasteiger partial charge in [0.1, 0.15) is 0 Å². The molecule has 120 valence electrons. The number of aromatic nitrogens is 2. The van der Waals surface area contributed by atoms with Crippen molar-refractivity contribution in [2.45, 2.75) is 78.2 Å². The fourth-order valence-electron chi connectivity index (χ4n) is 3.77. The van der Waals surface area contributed by atoms with Gasteiger partial charge in [-0.15, -0.1) is 0 Å². The maximum absolute atomic E-state index is 4.58. The fraction of sp³-hybridized carbons (Fsp3) is 0.833. The lowest BCUT2D eigenvalue weighted by atomic mass is 9.83. The average Bonchev–Trinajstić information content (AvgIpc) is 2.72. The van der Waals surface area contributed by atoms with Crippen molar-refractivity contribution < 1.29 is 0 Å². The Hall–Kier alpha value is -0.830. The van der Waals surface area contributed by atoms with Crippen molar-refractivity contribution >= 4 is 0 Å². The van der Waals surface area contributed by atoms with E-state index in [-0.39, 0.29) is 0 Å². The third kappa shape index (κ3) is 4.57. The van der Waals surface area contributed by atoms with E-state index >= 15 is 0 Å². The van der Waals surface area contributed by atoms with E-state index in [0.29, 0.717) is 6.04 Å². The van der Waals surface area contributed by atoms with Gasteiger partial charge in [0, 0.05) is 18.8 Å². The van der Waals surface area contributed by atoms with Crippen LogP contribution in [0.2, 0.25) is 0 Å². The van der Waals surface area contributed by atoms with Gasteiger partial charge in [-0.05, 0) is 51.1 Å². The van der Waals surface area contributed by atoms with Gasteiger partial charge in [-0.3, -0.25) is 4.68 Å². The van der Waals surface area contributed by atoms with Crippen LogP contribution in [-0.2, 0) is 13.5 Å². The van der Waals surface area contributed by atoms with E-state index in [1.54, 1.807) is 0 Å². The van der Waals surface area contributed by atoms with Crippen molar-refractivity contribution in [2.24, 2.45) is 13.0 Å². The van der Waals surface area contributed by atoms with Gasteiger partial charge in [-0.2, -0.15) is 5.10 Å². The number of rotatable bonds is 7. The van der Waals surface area contributed by atoms with Gasteiger partial charge in [0.05, 0.1) is 5.69 Å². The lowest BCUT2D eigenvalue weighted by Crippen LogP contribution is -2.34. The van der Waals surface area contributed by atoms with Crippen molar-refractivity contribution in [1.29, 1.82) is 0 Å². The Morgan fingerprint density at radius 1 is 1.24 bits per heavy atom. The topological polar surface area (TPSA) is 29.9 Å². The molecule has 1 aromatic heterocycles. The van der Waals surface area contributed by atoms with E-state index in [1.807, 2.05) is 4.68 Å². The molecular weight excluding hydrogens is 258 g/mol. The van der Waals surface area contributed by atoms with Crippen LogP contribution < -0.4 is 5.32 Å². The van der Waals surface area contributed by atoms with Gasteiger partial charge in [0.25, 0.3) is 0 Å². The maximum Gasteiger partial charge on any atom is 0.0628 e. The molecular formula is C18H33N3. The summed E-state index contributed by atoms with van der Waals surface area (Å²) >= 11 is 0. The van der Waals surface area contributed by atoms with Crippen LogP contribution in [0.1, 0.15) is 68.8 Å². The minimum absolute atomic E-state index is 0.620. The minimum atomic E-state index is 0.620. The van der Waals surface area contributed by atoms with Gasteiger partial charge in [0.2, 0.25) is 0 Å². The second-order valence-corrected chi connectivity index (χ2v) is 6.87. The molecule has 21 heavy (non-hydrogen) atoms. The summed E-state index contributed by atoms with van der Waals surface area (Å²) < 4.78 is 2.03. The first-order valence-electron chi connectivity index (χ1n) is 8.84. The van der Waals surface area contributed by atoms with Crippen LogP contribution in [0.25, 0.3) is 0 Å². The summed E-state index contributed by atoms with van der Waals surface area (Å²) in [5, 5.41) is 8.37. The number of nitrogens with zero attached hydrogens (tertiary/aromatic N) is 2. The Balaban J connectivity index is 2.00. The highest BCUT2D eigenvalue weighted by Gasteiger charge is 2.21. The summed E-state index contributed by atoms with van der Waals surface area (Å²) in [7, 11) is 2.06. The zero-order chi connectivity index (χ0) is 15.2. The van der Waals surface area contributed by atoms with E-state index in [1.165, 1.54) is 61.9 Å². The Bertz CT molecular complexity index is 430. The Morgan fingerprint density at radius 2 is 1.95 bits per heavy atom. The molecule has 1 aliphatic rings. The van der Waals surface area contributed by atoms with E-state index in [4.69, 9.17) is 0 Å². The normalized spacial score (nSPS) is 18.1. The first-order chi connectivity index (χ1) is 10.1.